The maximum absolute atomic E-state index is 12.8. The third kappa shape index (κ3) is 2.53. The van der Waals surface area contributed by atoms with Gasteiger partial charge < -0.3 is 0 Å². The lowest BCUT2D eigenvalue weighted by atomic mass is 10.0. The highest BCUT2D eigenvalue weighted by Gasteiger charge is 2.06. The topological polar surface area (TPSA) is 17.1 Å². The highest BCUT2D eigenvalue weighted by molar-refractivity contribution is 6.33. The summed E-state index contributed by atoms with van der Waals surface area (Å²) in [6.45, 7) is 1.49. The number of Topliss-reactive ketones (excluding diaryl/α,β-unsaturated/α-hetero) is 1. The molecule has 2 rings (SSSR count). The average molecular weight is 249 g/mol. The predicted octanol–water partition coefficient (Wildman–Crippen LogP) is 4.35. The molecule has 0 saturated heterocycles. The number of hydrogen-bond donors (Lipinski definition) is 0. The van der Waals surface area contributed by atoms with E-state index in [0.29, 0.717) is 10.6 Å². The van der Waals surface area contributed by atoms with Gasteiger partial charge in [0.2, 0.25) is 0 Å². The Balaban J connectivity index is 2.46. The van der Waals surface area contributed by atoms with Crippen LogP contribution in [0.3, 0.4) is 0 Å². The Morgan fingerprint density at radius 1 is 1.12 bits per heavy atom. The van der Waals surface area contributed by atoms with Gasteiger partial charge in [-0.25, -0.2) is 4.39 Å². The van der Waals surface area contributed by atoms with Crippen molar-refractivity contribution in [1.82, 2.24) is 0 Å². The molecular weight excluding hydrogens is 239 g/mol. The number of carbonyl (C=O) groups is 1. The average Bonchev–Trinajstić information content (AvgIpc) is 2.30. The first kappa shape index (κ1) is 11.8. The maximum Gasteiger partial charge on any atom is 0.159 e. The highest BCUT2D eigenvalue weighted by Crippen LogP contribution is 2.28. The Morgan fingerprint density at radius 2 is 1.76 bits per heavy atom. The van der Waals surface area contributed by atoms with Gasteiger partial charge in [-0.3, -0.25) is 4.79 Å². The molecule has 0 aliphatic rings. The van der Waals surface area contributed by atoms with Crippen molar-refractivity contribution in [1.29, 1.82) is 0 Å². The fraction of sp³-hybridized carbons (Fsp3) is 0.0714. The first-order valence-corrected chi connectivity index (χ1v) is 5.52. The van der Waals surface area contributed by atoms with Crippen LogP contribution in [0.2, 0.25) is 5.02 Å². The van der Waals surface area contributed by atoms with Gasteiger partial charge in [-0.2, -0.15) is 0 Å². The van der Waals surface area contributed by atoms with Crippen molar-refractivity contribution in [3.8, 4) is 11.1 Å². The molecule has 0 heterocycles. The number of hydrogen-bond acceptors (Lipinski definition) is 1. The van der Waals surface area contributed by atoms with E-state index in [1.54, 1.807) is 30.3 Å². The Hall–Kier alpha value is -1.67. The second-order valence-corrected chi connectivity index (χ2v) is 4.16. The molecule has 0 radical (unpaired) electrons. The molecule has 0 aliphatic carbocycles. The molecule has 2 aromatic carbocycles. The van der Waals surface area contributed by atoms with Gasteiger partial charge in [-0.05, 0) is 30.7 Å². The largest absolute Gasteiger partial charge is 0.295 e. The summed E-state index contributed by atoms with van der Waals surface area (Å²) in [4.78, 5) is 11.2. The zero-order chi connectivity index (χ0) is 12.4. The van der Waals surface area contributed by atoms with Crippen LogP contribution < -0.4 is 0 Å². The summed E-state index contributed by atoms with van der Waals surface area (Å²) in [7, 11) is 0. The van der Waals surface area contributed by atoms with Gasteiger partial charge in [0, 0.05) is 16.1 Å². The van der Waals surface area contributed by atoms with E-state index in [9.17, 15) is 9.18 Å². The molecule has 0 atom stereocenters. The second kappa shape index (κ2) is 4.68. The van der Waals surface area contributed by atoms with E-state index < -0.39 is 0 Å². The van der Waals surface area contributed by atoms with Crippen molar-refractivity contribution in [2.24, 2.45) is 0 Å². The molecule has 1 nitrogen and oxygen atoms in total. The molecule has 0 saturated carbocycles. The van der Waals surface area contributed by atoms with Crippen LogP contribution in [0.15, 0.2) is 42.5 Å². The molecule has 0 unspecified atom stereocenters. The normalized spacial score (nSPS) is 10.3. The van der Waals surface area contributed by atoms with E-state index >= 15 is 0 Å². The van der Waals surface area contributed by atoms with E-state index in [1.807, 2.05) is 0 Å². The van der Waals surface area contributed by atoms with Gasteiger partial charge in [0.25, 0.3) is 0 Å². The van der Waals surface area contributed by atoms with Crippen LogP contribution in [0.4, 0.5) is 4.39 Å². The van der Waals surface area contributed by atoms with Crippen LogP contribution >= 0.6 is 11.6 Å². The van der Waals surface area contributed by atoms with Gasteiger partial charge in [0.15, 0.2) is 5.78 Å². The highest BCUT2D eigenvalue weighted by atomic mass is 35.5. The van der Waals surface area contributed by atoms with E-state index in [4.69, 9.17) is 11.6 Å². The fourth-order valence-electron chi connectivity index (χ4n) is 1.60. The van der Waals surface area contributed by atoms with Gasteiger partial charge in [-0.1, -0.05) is 35.9 Å². The monoisotopic (exact) mass is 248 g/mol. The van der Waals surface area contributed by atoms with E-state index in [0.717, 1.165) is 11.1 Å². The summed E-state index contributed by atoms with van der Waals surface area (Å²) in [5.74, 6) is -0.317. The van der Waals surface area contributed by atoms with Crippen molar-refractivity contribution in [3.63, 3.8) is 0 Å². The van der Waals surface area contributed by atoms with Gasteiger partial charge in [0.1, 0.15) is 5.82 Å². The summed E-state index contributed by atoms with van der Waals surface area (Å²) >= 11 is 6.10. The summed E-state index contributed by atoms with van der Waals surface area (Å²) in [6.07, 6.45) is 0. The number of halogens is 2. The van der Waals surface area contributed by atoms with Crippen LogP contribution in [0.25, 0.3) is 11.1 Å². The first-order chi connectivity index (χ1) is 8.08. The van der Waals surface area contributed by atoms with Crippen molar-refractivity contribution >= 4 is 17.4 Å². The summed E-state index contributed by atoms with van der Waals surface area (Å²) < 4.78 is 12.8. The van der Waals surface area contributed by atoms with Crippen molar-refractivity contribution < 1.29 is 9.18 Å². The number of rotatable bonds is 2. The quantitative estimate of drug-likeness (QED) is 0.722. The Morgan fingerprint density at radius 3 is 2.29 bits per heavy atom. The van der Waals surface area contributed by atoms with Crippen LogP contribution in [0.5, 0.6) is 0 Å². The maximum atomic E-state index is 12.8. The lowest BCUT2D eigenvalue weighted by Gasteiger charge is -2.06. The lowest BCUT2D eigenvalue weighted by molar-refractivity contribution is 0.101. The molecular formula is C14H10ClFO. The Bertz CT molecular complexity index is 561. The molecule has 17 heavy (non-hydrogen) atoms. The van der Waals surface area contributed by atoms with Crippen LogP contribution in [-0.2, 0) is 0 Å². The zero-order valence-electron chi connectivity index (χ0n) is 9.21. The molecule has 0 aromatic heterocycles. The SMILES string of the molecule is CC(=O)c1ccc(-c2ccc(F)cc2)c(Cl)c1. The third-order valence-corrected chi connectivity index (χ3v) is 2.84. The molecule has 3 heteroatoms. The summed E-state index contributed by atoms with van der Waals surface area (Å²) in [5, 5.41) is 0.490. The first-order valence-electron chi connectivity index (χ1n) is 5.14. The molecule has 0 spiro atoms. The zero-order valence-corrected chi connectivity index (χ0v) is 9.96. The van der Waals surface area contributed by atoms with Gasteiger partial charge >= 0.3 is 0 Å². The minimum Gasteiger partial charge on any atom is -0.295 e. The van der Waals surface area contributed by atoms with Gasteiger partial charge in [0.05, 0.1) is 0 Å². The molecule has 2 aromatic rings. The van der Waals surface area contributed by atoms with Crippen molar-refractivity contribution in [2.75, 3.05) is 0 Å². The van der Waals surface area contributed by atoms with Crippen molar-refractivity contribution in [2.45, 2.75) is 6.92 Å². The smallest absolute Gasteiger partial charge is 0.159 e. The van der Waals surface area contributed by atoms with E-state index in [2.05, 4.69) is 0 Å². The molecule has 0 aliphatic heterocycles. The predicted molar refractivity (Wildman–Crippen MR) is 66.9 cm³/mol. The molecule has 0 fully saturated rings. The van der Waals surface area contributed by atoms with Crippen LogP contribution in [0, 0.1) is 5.82 Å². The minimum atomic E-state index is -0.287. The summed E-state index contributed by atoms with van der Waals surface area (Å²) in [5.41, 5.74) is 2.18. The molecule has 86 valence electrons. The fourth-order valence-corrected chi connectivity index (χ4v) is 1.89. The summed E-state index contributed by atoms with van der Waals surface area (Å²) in [6, 6.07) is 11.2. The van der Waals surface area contributed by atoms with Crippen LogP contribution in [0.1, 0.15) is 17.3 Å². The molecule has 0 bridgehead atoms. The van der Waals surface area contributed by atoms with E-state index in [1.165, 1.54) is 19.1 Å². The second-order valence-electron chi connectivity index (χ2n) is 3.76. The Labute approximate surface area is 104 Å². The number of carbonyl (C=O) groups excluding carboxylic acids is 1. The lowest BCUT2D eigenvalue weighted by Crippen LogP contribution is -1.92. The van der Waals surface area contributed by atoms with Crippen LogP contribution in [-0.4, -0.2) is 5.78 Å². The van der Waals surface area contributed by atoms with Gasteiger partial charge in [-0.15, -0.1) is 0 Å². The van der Waals surface area contributed by atoms with Crippen molar-refractivity contribution in [3.05, 3.63) is 58.9 Å². The molecule has 0 amide bonds. The number of benzene rings is 2. The number of ketones is 1. The third-order valence-electron chi connectivity index (χ3n) is 2.53. The van der Waals surface area contributed by atoms with E-state index in [-0.39, 0.29) is 11.6 Å². The minimum absolute atomic E-state index is 0.0300. The molecule has 0 N–H and O–H groups in total. The standard InChI is InChI=1S/C14H10ClFO/c1-9(17)11-4-7-13(14(15)8-11)10-2-5-12(16)6-3-10/h2-8H,1H3. The Kier molecular flexibility index (Phi) is 3.25.